The molecule has 0 aliphatic heterocycles. The van der Waals surface area contributed by atoms with E-state index in [2.05, 4.69) is 21.2 Å². The minimum Gasteiger partial charge on any atom is -0.483 e. The molecule has 0 amide bonds. The highest BCUT2D eigenvalue weighted by molar-refractivity contribution is 9.10. The van der Waals surface area contributed by atoms with Crippen LogP contribution in [0.4, 0.5) is 8.78 Å². The van der Waals surface area contributed by atoms with Gasteiger partial charge >= 0.3 is 0 Å². The third-order valence-corrected chi connectivity index (χ3v) is 3.67. The molecule has 2 rings (SSSR count). The molecule has 1 N–H and O–H groups in total. The van der Waals surface area contributed by atoms with Gasteiger partial charge in [0.05, 0.1) is 0 Å². The molecule has 0 aliphatic rings. The van der Waals surface area contributed by atoms with Gasteiger partial charge in [0.1, 0.15) is 6.61 Å². The summed E-state index contributed by atoms with van der Waals surface area (Å²) in [5, 5.41) is 3.30. The number of rotatable bonds is 5. The van der Waals surface area contributed by atoms with E-state index in [0.29, 0.717) is 22.7 Å². The molecule has 0 bridgehead atoms. The fraction of sp³-hybridized carbons (Fsp3) is 0.200. The van der Waals surface area contributed by atoms with E-state index in [-0.39, 0.29) is 6.61 Å². The first-order chi connectivity index (χ1) is 10.0. The lowest BCUT2D eigenvalue weighted by atomic mass is 10.2. The van der Waals surface area contributed by atoms with Gasteiger partial charge in [-0.1, -0.05) is 33.6 Å². The van der Waals surface area contributed by atoms with Crippen molar-refractivity contribution in [3.05, 3.63) is 62.6 Å². The Morgan fingerprint density at radius 3 is 2.43 bits per heavy atom. The molecule has 0 saturated heterocycles. The van der Waals surface area contributed by atoms with E-state index >= 15 is 0 Å². The lowest BCUT2D eigenvalue weighted by molar-refractivity contribution is 0.274. The predicted molar refractivity (Wildman–Crippen MR) is 82.6 cm³/mol. The van der Waals surface area contributed by atoms with Crippen LogP contribution in [0.25, 0.3) is 0 Å². The average Bonchev–Trinajstić information content (AvgIpc) is 2.40. The molecular weight excluding hydrogens is 364 g/mol. The van der Waals surface area contributed by atoms with Crippen LogP contribution in [0.15, 0.2) is 34.8 Å². The van der Waals surface area contributed by atoms with Crippen LogP contribution in [0.5, 0.6) is 5.75 Å². The number of halogens is 4. The van der Waals surface area contributed by atoms with Gasteiger partial charge in [0.15, 0.2) is 17.4 Å². The van der Waals surface area contributed by atoms with Crippen molar-refractivity contribution in [1.82, 2.24) is 5.32 Å². The third kappa shape index (κ3) is 4.15. The standard InChI is InChI=1S/C15H13BrClF2NO/c1-20-7-9-4-13(18)15(14(19)5-9)21-8-10-2-3-11(16)6-12(10)17/h2-6,20H,7-8H2,1H3. The highest BCUT2D eigenvalue weighted by Crippen LogP contribution is 2.27. The second-order valence-electron chi connectivity index (χ2n) is 4.44. The van der Waals surface area contributed by atoms with E-state index < -0.39 is 17.4 Å². The minimum absolute atomic E-state index is 0.00860. The van der Waals surface area contributed by atoms with Gasteiger partial charge in [-0.3, -0.25) is 0 Å². The molecular formula is C15H13BrClF2NO. The zero-order valence-corrected chi connectivity index (χ0v) is 13.6. The molecule has 0 unspecified atom stereocenters. The molecule has 112 valence electrons. The van der Waals surface area contributed by atoms with E-state index in [4.69, 9.17) is 16.3 Å². The van der Waals surface area contributed by atoms with Gasteiger partial charge in [0, 0.05) is 21.6 Å². The van der Waals surface area contributed by atoms with Gasteiger partial charge in [-0.25, -0.2) is 8.78 Å². The Morgan fingerprint density at radius 1 is 1.19 bits per heavy atom. The predicted octanol–water partition coefficient (Wildman–Crippen LogP) is 4.68. The lowest BCUT2D eigenvalue weighted by Crippen LogP contribution is -2.07. The highest BCUT2D eigenvalue weighted by Gasteiger charge is 2.13. The van der Waals surface area contributed by atoms with Crippen molar-refractivity contribution in [2.75, 3.05) is 7.05 Å². The summed E-state index contributed by atoms with van der Waals surface area (Å²) in [5.41, 5.74) is 1.17. The number of hydrogen-bond donors (Lipinski definition) is 1. The molecule has 0 saturated carbocycles. The van der Waals surface area contributed by atoms with Crippen LogP contribution in [0.2, 0.25) is 5.02 Å². The Morgan fingerprint density at radius 2 is 1.86 bits per heavy atom. The summed E-state index contributed by atoms with van der Waals surface area (Å²) in [6.45, 7) is 0.373. The Balaban J connectivity index is 2.16. The van der Waals surface area contributed by atoms with Crippen LogP contribution in [0.3, 0.4) is 0 Å². The number of ether oxygens (including phenoxy) is 1. The summed E-state index contributed by atoms with van der Waals surface area (Å²) >= 11 is 9.32. The average molecular weight is 377 g/mol. The molecule has 2 nitrogen and oxygen atoms in total. The van der Waals surface area contributed by atoms with Crippen LogP contribution in [-0.4, -0.2) is 7.05 Å². The molecule has 0 heterocycles. The summed E-state index contributed by atoms with van der Waals surface area (Å²) < 4.78 is 33.8. The zero-order valence-electron chi connectivity index (χ0n) is 11.2. The quantitative estimate of drug-likeness (QED) is 0.818. The lowest BCUT2D eigenvalue weighted by Gasteiger charge is -2.11. The van der Waals surface area contributed by atoms with Gasteiger partial charge in [-0.15, -0.1) is 0 Å². The van der Waals surface area contributed by atoms with Crippen molar-refractivity contribution in [1.29, 1.82) is 0 Å². The van der Waals surface area contributed by atoms with Gasteiger partial charge in [0.2, 0.25) is 0 Å². The van der Waals surface area contributed by atoms with Gasteiger partial charge in [-0.2, -0.15) is 0 Å². The normalized spacial score (nSPS) is 10.7. The maximum Gasteiger partial charge on any atom is 0.191 e. The van der Waals surface area contributed by atoms with Crippen LogP contribution in [-0.2, 0) is 13.2 Å². The minimum atomic E-state index is -0.728. The Labute approximate surface area is 135 Å². The molecule has 0 aromatic heterocycles. The van der Waals surface area contributed by atoms with Crippen molar-refractivity contribution in [2.24, 2.45) is 0 Å². The Bertz CT molecular complexity index is 629. The summed E-state index contributed by atoms with van der Waals surface area (Å²) in [4.78, 5) is 0. The first kappa shape index (κ1) is 16.2. The maximum absolute atomic E-state index is 13.9. The highest BCUT2D eigenvalue weighted by atomic mass is 79.9. The monoisotopic (exact) mass is 375 g/mol. The van der Waals surface area contributed by atoms with Gasteiger partial charge in [-0.05, 0) is 36.9 Å². The van der Waals surface area contributed by atoms with Crippen molar-refractivity contribution in [3.8, 4) is 5.75 Å². The second-order valence-corrected chi connectivity index (χ2v) is 5.77. The van der Waals surface area contributed by atoms with Crippen LogP contribution in [0, 0.1) is 11.6 Å². The summed E-state index contributed by atoms with van der Waals surface area (Å²) in [7, 11) is 1.70. The first-order valence-corrected chi connectivity index (χ1v) is 7.37. The Hall–Kier alpha value is -1.17. The number of nitrogens with one attached hydrogen (secondary N) is 1. The van der Waals surface area contributed by atoms with Crippen LogP contribution < -0.4 is 10.1 Å². The van der Waals surface area contributed by atoms with E-state index in [0.717, 1.165) is 4.47 Å². The SMILES string of the molecule is CNCc1cc(F)c(OCc2ccc(Br)cc2Cl)c(F)c1. The fourth-order valence-electron chi connectivity index (χ4n) is 1.85. The molecule has 0 atom stereocenters. The molecule has 21 heavy (non-hydrogen) atoms. The molecule has 0 radical (unpaired) electrons. The first-order valence-electron chi connectivity index (χ1n) is 6.20. The van der Waals surface area contributed by atoms with Crippen molar-refractivity contribution in [2.45, 2.75) is 13.2 Å². The van der Waals surface area contributed by atoms with Crippen molar-refractivity contribution < 1.29 is 13.5 Å². The van der Waals surface area contributed by atoms with Crippen molar-refractivity contribution in [3.63, 3.8) is 0 Å². The zero-order chi connectivity index (χ0) is 15.4. The Kier molecular flexibility index (Phi) is 5.56. The van der Waals surface area contributed by atoms with Crippen molar-refractivity contribution >= 4 is 27.5 Å². The summed E-state index contributed by atoms with van der Waals surface area (Å²) in [6.07, 6.45) is 0. The van der Waals surface area contributed by atoms with Crippen LogP contribution >= 0.6 is 27.5 Å². The molecule has 2 aromatic rings. The molecule has 0 spiro atoms. The largest absolute Gasteiger partial charge is 0.483 e. The summed E-state index contributed by atoms with van der Waals surface area (Å²) in [5.74, 6) is -1.85. The van der Waals surface area contributed by atoms with Gasteiger partial charge < -0.3 is 10.1 Å². The topological polar surface area (TPSA) is 21.3 Å². The molecule has 0 aliphatic carbocycles. The fourth-order valence-corrected chi connectivity index (χ4v) is 2.57. The van der Waals surface area contributed by atoms with E-state index in [1.165, 1.54) is 12.1 Å². The third-order valence-electron chi connectivity index (χ3n) is 2.83. The van der Waals surface area contributed by atoms with E-state index in [9.17, 15) is 8.78 Å². The van der Waals surface area contributed by atoms with E-state index in [1.807, 2.05) is 0 Å². The molecule has 6 heteroatoms. The molecule has 2 aromatic carbocycles. The smallest absolute Gasteiger partial charge is 0.191 e. The number of benzene rings is 2. The van der Waals surface area contributed by atoms with E-state index in [1.54, 1.807) is 25.2 Å². The van der Waals surface area contributed by atoms with Crippen LogP contribution in [0.1, 0.15) is 11.1 Å². The second kappa shape index (κ2) is 7.20. The summed E-state index contributed by atoms with van der Waals surface area (Å²) in [6, 6.07) is 7.71. The van der Waals surface area contributed by atoms with Gasteiger partial charge in [0.25, 0.3) is 0 Å². The molecule has 0 fully saturated rings. The number of hydrogen-bond acceptors (Lipinski definition) is 2. The maximum atomic E-state index is 13.9.